The zero-order chi connectivity index (χ0) is 17.0. The van der Waals surface area contributed by atoms with E-state index in [4.69, 9.17) is 4.42 Å². The molecule has 0 aliphatic heterocycles. The molecule has 0 fully saturated rings. The van der Waals surface area contributed by atoms with Crippen LogP contribution in [0.15, 0.2) is 71.3 Å². The van der Waals surface area contributed by atoms with Gasteiger partial charge in [-0.1, -0.05) is 48.5 Å². The Morgan fingerprint density at radius 3 is 2.08 bits per heavy atom. The molecule has 0 unspecified atom stereocenters. The lowest BCUT2D eigenvalue weighted by Crippen LogP contribution is -2.34. The molecule has 0 spiro atoms. The zero-order valence-electron chi connectivity index (χ0n) is 13.0. The third-order valence-corrected chi connectivity index (χ3v) is 4.40. The molecule has 0 radical (unpaired) electrons. The molecule has 1 aromatic heterocycles. The van der Waals surface area contributed by atoms with E-state index in [0.717, 1.165) is 11.1 Å². The largest absolute Gasteiger partial charge is 0.748 e. The van der Waals surface area contributed by atoms with Crippen molar-refractivity contribution < 1.29 is 22.0 Å². The fourth-order valence-corrected chi connectivity index (χ4v) is 2.99. The minimum absolute atomic E-state index is 0.240. The highest BCUT2D eigenvalue weighted by Crippen LogP contribution is 2.24. The fraction of sp³-hybridized carbons (Fsp3) is 0.167. The van der Waals surface area contributed by atoms with Crippen LogP contribution in [0.5, 0.6) is 0 Å². The van der Waals surface area contributed by atoms with E-state index in [1.54, 1.807) is 0 Å². The molecule has 0 aliphatic carbocycles. The predicted octanol–water partition coefficient (Wildman–Crippen LogP) is 2.84. The van der Waals surface area contributed by atoms with Crippen LogP contribution in [0.3, 0.4) is 0 Å². The first-order valence-corrected chi connectivity index (χ1v) is 9.18. The molecule has 0 aliphatic rings. The third kappa shape index (κ3) is 4.10. The smallest absolute Gasteiger partial charge is 0.381 e. The molecular weight excluding hydrogens is 326 g/mol. The molecule has 5 nitrogen and oxygen atoms in total. The maximum Gasteiger partial charge on any atom is 0.381 e. The Hall–Kier alpha value is -2.44. The van der Waals surface area contributed by atoms with Crippen molar-refractivity contribution in [1.82, 2.24) is 0 Å². The Kier molecular flexibility index (Phi) is 4.78. The summed E-state index contributed by atoms with van der Waals surface area (Å²) in [6.07, 6.45) is 2.08. The number of hydrogen-bond acceptors (Lipinski definition) is 4. The van der Waals surface area contributed by atoms with Gasteiger partial charge in [-0.25, -0.2) is 8.42 Å². The second kappa shape index (κ2) is 6.98. The summed E-state index contributed by atoms with van der Waals surface area (Å²) in [6.45, 7) is 0.391. The van der Waals surface area contributed by atoms with E-state index in [1.807, 2.05) is 71.4 Å². The second-order valence-electron chi connectivity index (χ2n) is 5.44. The zero-order valence-corrected chi connectivity index (χ0v) is 13.8. The van der Waals surface area contributed by atoms with E-state index < -0.39 is 10.1 Å². The molecule has 0 saturated carbocycles. The van der Waals surface area contributed by atoms with Crippen molar-refractivity contribution in [1.29, 1.82) is 0 Å². The Balaban J connectivity index is 1.94. The summed E-state index contributed by atoms with van der Waals surface area (Å²) in [5, 5.41) is 0. The summed E-state index contributed by atoms with van der Waals surface area (Å²) in [5.41, 5.74) is 1.83. The van der Waals surface area contributed by atoms with Gasteiger partial charge in [0.15, 0.2) is 6.54 Å². The van der Waals surface area contributed by atoms with Gasteiger partial charge in [0, 0.05) is 17.7 Å². The van der Waals surface area contributed by atoms with Crippen LogP contribution in [0, 0.1) is 0 Å². The van der Waals surface area contributed by atoms with Crippen LogP contribution in [-0.2, 0) is 16.7 Å². The fourth-order valence-electron chi connectivity index (χ4n) is 2.51. The average Bonchev–Trinajstić information content (AvgIpc) is 2.99. The van der Waals surface area contributed by atoms with E-state index in [1.165, 1.54) is 0 Å². The predicted molar refractivity (Wildman–Crippen MR) is 89.0 cm³/mol. The molecule has 0 atom stereocenters. The molecule has 0 bridgehead atoms. The van der Waals surface area contributed by atoms with Gasteiger partial charge in [0.25, 0.3) is 0 Å². The highest BCUT2D eigenvalue weighted by molar-refractivity contribution is 7.85. The normalized spacial score (nSPS) is 11.5. The van der Waals surface area contributed by atoms with Gasteiger partial charge in [0.2, 0.25) is 12.0 Å². The van der Waals surface area contributed by atoms with Crippen LogP contribution in [0.25, 0.3) is 22.8 Å². The van der Waals surface area contributed by atoms with E-state index >= 15 is 0 Å². The van der Waals surface area contributed by atoms with E-state index in [2.05, 4.69) is 0 Å². The van der Waals surface area contributed by atoms with Gasteiger partial charge in [-0.2, -0.15) is 4.57 Å². The Labute approximate surface area is 140 Å². The summed E-state index contributed by atoms with van der Waals surface area (Å²) in [6, 6.07) is 19.3. The standard InChI is InChI=1S/C18H17NO4S/c20-24(21,22)13-7-12-19-14-17(15-8-3-1-4-9-15)23-18(19)16-10-5-2-6-11-16/h1-6,8-11,14H,7,12-13H2. The number of oxazole rings is 1. The van der Waals surface area contributed by atoms with Gasteiger partial charge in [0.05, 0.1) is 15.7 Å². The molecule has 6 heteroatoms. The SMILES string of the molecule is O=S(=O)([O-])CCC[n+]1cc(-c2ccccc2)oc1-c1ccccc1. The number of aryl methyl sites for hydroxylation is 1. The summed E-state index contributed by atoms with van der Waals surface area (Å²) in [5.74, 6) is 0.942. The Morgan fingerprint density at radius 2 is 1.50 bits per heavy atom. The van der Waals surface area contributed by atoms with Crippen molar-refractivity contribution in [3.63, 3.8) is 0 Å². The van der Waals surface area contributed by atoms with Gasteiger partial charge < -0.3 is 8.97 Å². The number of aromatic nitrogens is 1. The second-order valence-corrected chi connectivity index (χ2v) is 6.96. The summed E-state index contributed by atoms with van der Waals surface area (Å²) >= 11 is 0. The third-order valence-electron chi connectivity index (χ3n) is 3.61. The van der Waals surface area contributed by atoms with Crippen LogP contribution < -0.4 is 4.57 Å². The van der Waals surface area contributed by atoms with Crippen LogP contribution in [0.2, 0.25) is 0 Å². The molecule has 24 heavy (non-hydrogen) atoms. The van der Waals surface area contributed by atoms with Crippen LogP contribution in [0.1, 0.15) is 6.42 Å². The quantitative estimate of drug-likeness (QED) is 0.509. The van der Waals surface area contributed by atoms with Crippen molar-refractivity contribution in [3.8, 4) is 22.8 Å². The van der Waals surface area contributed by atoms with Gasteiger partial charge >= 0.3 is 5.89 Å². The molecule has 124 valence electrons. The highest BCUT2D eigenvalue weighted by Gasteiger charge is 2.22. The average molecular weight is 343 g/mol. The molecular formula is C18H17NO4S. The Bertz CT molecular complexity index is 903. The molecule has 0 saturated heterocycles. The van der Waals surface area contributed by atoms with Gasteiger partial charge in [-0.15, -0.1) is 0 Å². The molecule has 2 aromatic carbocycles. The first-order valence-electron chi connectivity index (χ1n) is 7.60. The molecule has 0 N–H and O–H groups in total. The minimum Gasteiger partial charge on any atom is -0.748 e. The van der Waals surface area contributed by atoms with Crippen molar-refractivity contribution in [3.05, 3.63) is 66.9 Å². The topological polar surface area (TPSA) is 74.2 Å². The summed E-state index contributed by atoms with van der Waals surface area (Å²) in [4.78, 5) is 0. The molecule has 0 amide bonds. The first-order chi connectivity index (χ1) is 11.5. The summed E-state index contributed by atoms with van der Waals surface area (Å²) < 4.78 is 40.3. The lowest BCUT2D eigenvalue weighted by Gasteiger charge is -2.03. The Morgan fingerprint density at radius 1 is 0.917 bits per heavy atom. The van der Waals surface area contributed by atoms with Gasteiger partial charge in [-0.05, 0) is 12.1 Å². The van der Waals surface area contributed by atoms with Crippen LogP contribution in [-0.4, -0.2) is 18.7 Å². The lowest BCUT2D eigenvalue weighted by molar-refractivity contribution is -0.688. The van der Waals surface area contributed by atoms with E-state index in [0.29, 0.717) is 18.2 Å². The van der Waals surface area contributed by atoms with E-state index in [-0.39, 0.29) is 12.2 Å². The lowest BCUT2D eigenvalue weighted by atomic mass is 10.2. The number of hydrogen-bond donors (Lipinski definition) is 0. The maximum absolute atomic E-state index is 10.8. The number of nitrogens with zero attached hydrogens (tertiary/aromatic N) is 1. The minimum atomic E-state index is -4.21. The monoisotopic (exact) mass is 343 g/mol. The first kappa shape index (κ1) is 16.4. The number of rotatable bonds is 6. The summed E-state index contributed by atoms with van der Waals surface area (Å²) in [7, 11) is -4.21. The maximum atomic E-state index is 10.8. The van der Waals surface area contributed by atoms with Crippen molar-refractivity contribution in [2.45, 2.75) is 13.0 Å². The van der Waals surface area contributed by atoms with Crippen LogP contribution >= 0.6 is 0 Å². The number of benzene rings is 2. The molecule has 3 aromatic rings. The molecule has 1 heterocycles. The highest BCUT2D eigenvalue weighted by atomic mass is 32.2. The molecule has 3 rings (SSSR count). The van der Waals surface area contributed by atoms with Crippen LogP contribution in [0.4, 0.5) is 0 Å². The van der Waals surface area contributed by atoms with Crippen molar-refractivity contribution >= 4 is 10.1 Å². The van der Waals surface area contributed by atoms with E-state index in [9.17, 15) is 13.0 Å². The van der Waals surface area contributed by atoms with Crippen molar-refractivity contribution in [2.75, 3.05) is 5.75 Å². The van der Waals surface area contributed by atoms with Gasteiger partial charge in [-0.3, -0.25) is 0 Å². The van der Waals surface area contributed by atoms with Gasteiger partial charge in [0.1, 0.15) is 0 Å². The van der Waals surface area contributed by atoms with Crippen molar-refractivity contribution in [2.24, 2.45) is 0 Å².